The summed E-state index contributed by atoms with van der Waals surface area (Å²) in [7, 11) is 0. The molecule has 0 spiro atoms. The van der Waals surface area contributed by atoms with Crippen LogP contribution in [0, 0.1) is 0 Å². The van der Waals surface area contributed by atoms with Crippen LogP contribution in [0.1, 0.15) is 42.6 Å². The van der Waals surface area contributed by atoms with E-state index in [9.17, 15) is 19.5 Å². The molecule has 4 rings (SSSR count). The maximum absolute atomic E-state index is 12.9. The lowest BCUT2D eigenvalue weighted by Crippen LogP contribution is -2.23. The zero-order chi connectivity index (χ0) is 24.4. The SMILES string of the molecule is CC(Sc1nc2scc(-c3ccc(C(C)C)cc3)c2c(=O)[nH]1)C(=O)Nc1cc(C=O)ccc1O. The number of phenolic OH excluding ortho intramolecular Hbond substituents is 1. The number of aromatic nitrogens is 2. The lowest BCUT2D eigenvalue weighted by atomic mass is 9.99. The van der Waals surface area contributed by atoms with Crippen molar-refractivity contribution in [3.8, 4) is 16.9 Å². The number of hydrogen-bond donors (Lipinski definition) is 3. The number of aromatic amines is 1. The Morgan fingerprint density at radius 1 is 1.18 bits per heavy atom. The van der Waals surface area contributed by atoms with E-state index in [1.54, 1.807) is 6.92 Å². The first kappa shape index (κ1) is 23.7. The molecule has 0 aliphatic carbocycles. The normalized spacial score (nSPS) is 12.1. The molecule has 3 N–H and O–H groups in total. The van der Waals surface area contributed by atoms with Crippen molar-refractivity contribution in [2.24, 2.45) is 0 Å². The van der Waals surface area contributed by atoms with Crippen molar-refractivity contribution >= 4 is 51.2 Å². The van der Waals surface area contributed by atoms with Crippen molar-refractivity contribution < 1.29 is 14.7 Å². The Morgan fingerprint density at radius 2 is 1.91 bits per heavy atom. The standard InChI is InChI=1S/C25H23N3O4S2/c1-13(2)16-5-7-17(8-6-16)18-12-33-24-21(18)23(32)27-25(28-24)34-14(3)22(31)26-19-10-15(11-29)4-9-20(19)30/h4-14,30H,1-3H3,(H,26,31)(H,27,28,32). The number of amides is 1. The second-order valence-corrected chi connectivity index (χ2v) is 10.3. The number of anilines is 1. The highest BCUT2D eigenvalue weighted by molar-refractivity contribution is 8.00. The van der Waals surface area contributed by atoms with E-state index >= 15 is 0 Å². The highest BCUT2D eigenvalue weighted by Crippen LogP contribution is 2.33. The number of thiophene rings is 1. The summed E-state index contributed by atoms with van der Waals surface area (Å²) >= 11 is 2.48. The molecule has 0 aliphatic heterocycles. The van der Waals surface area contributed by atoms with Gasteiger partial charge in [-0.1, -0.05) is 49.9 Å². The number of nitrogens with zero attached hydrogens (tertiary/aromatic N) is 1. The predicted molar refractivity (Wildman–Crippen MR) is 137 cm³/mol. The molecule has 2 aromatic heterocycles. The number of carbonyl (C=O) groups excluding carboxylic acids is 2. The molecule has 0 saturated heterocycles. The highest BCUT2D eigenvalue weighted by atomic mass is 32.2. The third-order valence-corrected chi connectivity index (χ3v) is 7.24. The van der Waals surface area contributed by atoms with Gasteiger partial charge in [-0.2, -0.15) is 0 Å². The van der Waals surface area contributed by atoms with Crippen LogP contribution in [0.2, 0.25) is 0 Å². The summed E-state index contributed by atoms with van der Waals surface area (Å²) < 4.78 is 0. The monoisotopic (exact) mass is 493 g/mol. The summed E-state index contributed by atoms with van der Waals surface area (Å²) in [6.07, 6.45) is 0.630. The van der Waals surface area contributed by atoms with Crippen LogP contribution in [0.5, 0.6) is 5.75 Å². The number of thioether (sulfide) groups is 1. The molecule has 0 bridgehead atoms. The Hall–Kier alpha value is -3.43. The molecule has 0 saturated carbocycles. The minimum atomic E-state index is -0.622. The topological polar surface area (TPSA) is 112 Å². The van der Waals surface area contributed by atoms with Gasteiger partial charge < -0.3 is 15.4 Å². The van der Waals surface area contributed by atoms with Crippen LogP contribution >= 0.6 is 23.1 Å². The zero-order valence-electron chi connectivity index (χ0n) is 18.8. The molecule has 4 aromatic rings. The summed E-state index contributed by atoms with van der Waals surface area (Å²) in [6.45, 7) is 5.94. The van der Waals surface area contributed by atoms with Crippen molar-refractivity contribution in [1.82, 2.24) is 9.97 Å². The second kappa shape index (κ2) is 9.82. The van der Waals surface area contributed by atoms with Gasteiger partial charge in [0.25, 0.3) is 5.56 Å². The number of fused-ring (bicyclic) bond motifs is 1. The second-order valence-electron chi connectivity index (χ2n) is 8.12. The largest absolute Gasteiger partial charge is 0.506 e. The van der Waals surface area contributed by atoms with Gasteiger partial charge in [-0.05, 0) is 42.2 Å². The van der Waals surface area contributed by atoms with Gasteiger partial charge in [-0.3, -0.25) is 14.4 Å². The quantitative estimate of drug-likeness (QED) is 0.137. The maximum atomic E-state index is 12.9. The molecule has 9 heteroatoms. The van der Waals surface area contributed by atoms with E-state index in [0.717, 1.165) is 22.9 Å². The number of hydrogen-bond acceptors (Lipinski definition) is 7. The van der Waals surface area contributed by atoms with Crippen LogP contribution < -0.4 is 10.9 Å². The number of phenols is 1. The molecule has 7 nitrogen and oxygen atoms in total. The first-order chi connectivity index (χ1) is 16.3. The third-order valence-electron chi connectivity index (χ3n) is 5.38. The number of H-pyrrole nitrogens is 1. The van der Waals surface area contributed by atoms with Crippen molar-refractivity contribution in [3.63, 3.8) is 0 Å². The summed E-state index contributed by atoms with van der Waals surface area (Å²) in [5.41, 5.74) is 3.22. The molecular weight excluding hydrogens is 470 g/mol. The predicted octanol–water partition coefficient (Wildman–Crippen LogP) is 5.41. The van der Waals surface area contributed by atoms with Crippen molar-refractivity contribution in [1.29, 1.82) is 0 Å². The van der Waals surface area contributed by atoms with E-state index in [-0.39, 0.29) is 17.0 Å². The van der Waals surface area contributed by atoms with Crippen molar-refractivity contribution in [3.05, 3.63) is 69.3 Å². The first-order valence-electron chi connectivity index (χ1n) is 10.6. The first-order valence-corrected chi connectivity index (χ1v) is 12.4. The molecule has 174 valence electrons. The molecule has 34 heavy (non-hydrogen) atoms. The fraction of sp³-hybridized carbons (Fsp3) is 0.200. The van der Waals surface area contributed by atoms with Crippen LogP contribution in [-0.4, -0.2) is 32.5 Å². The fourth-order valence-electron chi connectivity index (χ4n) is 3.43. The number of aldehydes is 1. The smallest absolute Gasteiger partial charge is 0.260 e. The zero-order valence-corrected chi connectivity index (χ0v) is 20.4. The number of nitrogens with one attached hydrogen (secondary N) is 2. The Labute approximate surface area is 204 Å². The number of benzene rings is 2. The van der Waals surface area contributed by atoms with Gasteiger partial charge in [-0.25, -0.2) is 4.98 Å². The molecule has 1 unspecified atom stereocenters. The van der Waals surface area contributed by atoms with Gasteiger partial charge in [0.05, 0.1) is 16.3 Å². The van der Waals surface area contributed by atoms with E-state index in [2.05, 4.69) is 41.3 Å². The molecular formula is C25H23N3O4S2. The molecule has 1 atom stereocenters. The minimum absolute atomic E-state index is 0.142. The summed E-state index contributed by atoms with van der Waals surface area (Å²) in [5.74, 6) is -0.116. The lowest BCUT2D eigenvalue weighted by molar-refractivity contribution is -0.115. The lowest BCUT2D eigenvalue weighted by Gasteiger charge is -2.12. The maximum Gasteiger partial charge on any atom is 0.260 e. The summed E-state index contributed by atoms with van der Waals surface area (Å²) in [6, 6.07) is 12.4. The third kappa shape index (κ3) is 4.90. The molecule has 2 aromatic carbocycles. The number of aromatic hydroxyl groups is 1. The molecule has 2 heterocycles. The van der Waals surface area contributed by atoms with Crippen LogP contribution in [0.15, 0.2) is 57.8 Å². The van der Waals surface area contributed by atoms with E-state index < -0.39 is 11.2 Å². The van der Waals surface area contributed by atoms with E-state index in [4.69, 9.17) is 0 Å². The molecule has 0 radical (unpaired) electrons. The van der Waals surface area contributed by atoms with Gasteiger partial charge >= 0.3 is 0 Å². The van der Waals surface area contributed by atoms with Crippen LogP contribution in [0.4, 0.5) is 5.69 Å². The van der Waals surface area contributed by atoms with Crippen LogP contribution in [-0.2, 0) is 4.79 Å². The van der Waals surface area contributed by atoms with E-state index in [1.165, 1.54) is 35.1 Å². The minimum Gasteiger partial charge on any atom is -0.506 e. The van der Waals surface area contributed by atoms with Crippen LogP contribution in [0.3, 0.4) is 0 Å². The number of rotatable bonds is 7. The van der Waals surface area contributed by atoms with Gasteiger partial charge in [0, 0.05) is 16.5 Å². The van der Waals surface area contributed by atoms with Gasteiger partial charge in [0.1, 0.15) is 16.9 Å². The Kier molecular flexibility index (Phi) is 6.85. The van der Waals surface area contributed by atoms with Gasteiger partial charge in [-0.15, -0.1) is 11.3 Å². The average Bonchev–Trinajstić information content (AvgIpc) is 3.25. The Morgan fingerprint density at radius 3 is 2.59 bits per heavy atom. The molecule has 0 fully saturated rings. The fourth-order valence-corrected chi connectivity index (χ4v) is 5.23. The summed E-state index contributed by atoms with van der Waals surface area (Å²) in [4.78, 5) is 44.4. The van der Waals surface area contributed by atoms with E-state index in [0.29, 0.717) is 33.1 Å². The number of carbonyl (C=O) groups is 2. The molecule has 0 aliphatic rings. The van der Waals surface area contributed by atoms with E-state index in [1.807, 2.05) is 17.5 Å². The highest BCUT2D eigenvalue weighted by Gasteiger charge is 2.20. The average molecular weight is 494 g/mol. The van der Waals surface area contributed by atoms with Crippen molar-refractivity contribution in [2.45, 2.75) is 37.1 Å². The summed E-state index contributed by atoms with van der Waals surface area (Å²) in [5, 5.41) is 14.7. The Bertz CT molecular complexity index is 1420. The van der Waals surface area contributed by atoms with Gasteiger partial charge in [0.2, 0.25) is 5.91 Å². The van der Waals surface area contributed by atoms with Crippen molar-refractivity contribution in [2.75, 3.05) is 5.32 Å². The van der Waals surface area contributed by atoms with Gasteiger partial charge in [0.15, 0.2) is 5.16 Å². The molecule has 1 amide bonds. The Balaban J connectivity index is 1.54. The van der Waals surface area contributed by atoms with Crippen LogP contribution in [0.25, 0.3) is 21.3 Å².